The fourth-order valence-corrected chi connectivity index (χ4v) is 3.13. The van der Waals surface area contributed by atoms with Gasteiger partial charge >= 0.3 is 0 Å². The van der Waals surface area contributed by atoms with Gasteiger partial charge < -0.3 is 10.6 Å². The maximum absolute atomic E-state index is 12.4. The molecule has 102 valence electrons. The van der Waals surface area contributed by atoms with Crippen LogP contribution in [0.1, 0.15) is 39.9 Å². The van der Waals surface area contributed by atoms with Gasteiger partial charge in [0.2, 0.25) is 0 Å². The first-order valence-electron chi connectivity index (χ1n) is 6.61. The largest absolute Gasteiger partial charge is 0.338 e. The summed E-state index contributed by atoms with van der Waals surface area (Å²) in [7, 11) is 1.89. The molecule has 1 fully saturated rings. The van der Waals surface area contributed by atoms with E-state index in [1.807, 2.05) is 24.9 Å². The fraction of sp³-hybridized carbons (Fsp3) is 0.533. The second-order valence-electron chi connectivity index (χ2n) is 5.12. The third kappa shape index (κ3) is 3.17. The van der Waals surface area contributed by atoms with Crippen LogP contribution in [0, 0.1) is 24.7 Å². The Hall–Kier alpha value is -1.31. The van der Waals surface area contributed by atoms with Crippen molar-refractivity contribution in [3.63, 3.8) is 0 Å². The molecule has 1 aromatic heterocycles. The van der Waals surface area contributed by atoms with Crippen LogP contribution in [0.4, 0.5) is 0 Å². The van der Waals surface area contributed by atoms with Gasteiger partial charge in [-0.25, -0.2) is 0 Å². The summed E-state index contributed by atoms with van der Waals surface area (Å²) in [6.07, 6.45) is 2.49. The van der Waals surface area contributed by atoms with Crippen LogP contribution in [0.2, 0.25) is 0 Å². The minimum absolute atomic E-state index is 0.105. The molecule has 1 aromatic rings. The van der Waals surface area contributed by atoms with E-state index in [4.69, 9.17) is 5.73 Å². The van der Waals surface area contributed by atoms with E-state index in [1.54, 1.807) is 0 Å². The molecule has 1 aliphatic carbocycles. The van der Waals surface area contributed by atoms with Crippen molar-refractivity contribution in [3.05, 3.63) is 21.4 Å². The molecule has 0 spiro atoms. The Balaban J connectivity index is 2.14. The number of rotatable bonds is 3. The van der Waals surface area contributed by atoms with Gasteiger partial charge in [-0.3, -0.25) is 4.79 Å². The number of hydrogen-bond donors (Lipinski definition) is 1. The lowest BCUT2D eigenvalue weighted by Gasteiger charge is -2.24. The number of carbonyl (C=O) groups excluding carboxylic acids is 1. The first-order valence-corrected chi connectivity index (χ1v) is 7.42. The highest BCUT2D eigenvalue weighted by molar-refractivity contribution is 7.14. The molecule has 0 radical (unpaired) electrons. The van der Waals surface area contributed by atoms with Crippen LogP contribution in [0.15, 0.2) is 6.07 Å². The Morgan fingerprint density at radius 2 is 2.32 bits per heavy atom. The van der Waals surface area contributed by atoms with Crippen molar-refractivity contribution >= 4 is 17.2 Å². The Bertz CT molecular complexity index is 534. The molecule has 19 heavy (non-hydrogen) atoms. The molecule has 3 nitrogen and oxygen atoms in total. The van der Waals surface area contributed by atoms with E-state index in [1.165, 1.54) is 24.2 Å². The molecule has 1 unspecified atom stereocenters. The lowest BCUT2D eigenvalue weighted by molar-refractivity contribution is 0.0732. The van der Waals surface area contributed by atoms with Crippen LogP contribution in [0.5, 0.6) is 0 Å². The third-order valence-electron chi connectivity index (χ3n) is 3.67. The zero-order chi connectivity index (χ0) is 14.0. The van der Waals surface area contributed by atoms with E-state index in [2.05, 4.69) is 18.8 Å². The molecule has 2 N–H and O–H groups in total. The maximum atomic E-state index is 12.4. The summed E-state index contributed by atoms with van der Waals surface area (Å²) in [6, 6.07) is 2.26. The Kier molecular flexibility index (Phi) is 4.28. The lowest BCUT2D eigenvalue weighted by Crippen LogP contribution is -2.35. The number of aryl methyl sites for hydroxylation is 1. The molecule has 4 heteroatoms. The predicted molar refractivity (Wildman–Crippen MR) is 79.3 cm³/mol. The summed E-state index contributed by atoms with van der Waals surface area (Å²) >= 11 is 1.47. The highest BCUT2D eigenvalue weighted by Crippen LogP contribution is 2.35. The number of nitrogens with zero attached hydrogens (tertiary/aromatic N) is 1. The predicted octanol–water partition coefficient (Wildman–Crippen LogP) is 2.24. The van der Waals surface area contributed by atoms with Gasteiger partial charge in [0.1, 0.15) is 0 Å². The molecule has 2 rings (SSSR count). The molecule has 1 amide bonds. The molecule has 0 saturated heterocycles. The summed E-state index contributed by atoms with van der Waals surface area (Å²) < 4.78 is 0. The SMILES string of the molecule is Cc1cc(C(=O)N(C)C(C)C2CC2)sc1C#CCN. The fourth-order valence-electron chi connectivity index (χ4n) is 2.10. The van der Waals surface area contributed by atoms with Gasteiger partial charge in [-0.15, -0.1) is 11.3 Å². The number of thiophene rings is 1. The molecule has 0 aromatic carbocycles. The number of hydrogen-bond acceptors (Lipinski definition) is 3. The molecule has 1 aliphatic rings. The third-order valence-corrected chi connectivity index (χ3v) is 4.81. The van der Waals surface area contributed by atoms with Crippen LogP contribution < -0.4 is 5.73 Å². The van der Waals surface area contributed by atoms with Crippen molar-refractivity contribution in [2.75, 3.05) is 13.6 Å². The Morgan fingerprint density at radius 1 is 1.63 bits per heavy atom. The van der Waals surface area contributed by atoms with E-state index in [0.29, 0.717) is 18.5 Å². The van der Waals surface area contributed by atoms with Crippen LogP contribution in [-0.2, 0) is 0 Å². The van der Waals surface area contributed by atoms with E-state index >= 15 is 0 Å². The van der Waals surface area contributed by atoms with Crippen LogP contribution in [0.3, 0.4) is 0 Å². The standard InChI is InChI=1S/C15H20N2OS/c1-10-9-14(19-13(10)5-4-8-16)15(18)17(3)11(2)12-6-7-12/h9,11-12H,6-8,16H2,1-3H3. The first kappa shape index (κ1) is 14.1. The minimum Gasteiger partial charge on any atom is -0.338 e. The first-order chi connectivity index (χ1) is 9.04. The van der Waals surface area contributed by atoms with Crippen molar-refractivity contribution in [1.29, 1.82) is 0 Å². The second kappa shape index (κ2) is 5.77. The summed E-state index contributed by atoms with van der Waals surface area (Å²) in [4.78, 5) is 16.0. The summed E-state index contributed by atoms with van der Waals surface area (Å²) in [6.45, 7) is 4.46. The van der Waals surface area contributed by atoms with Gasteiger partial charge in [-0.05, 0) is 44.2 Å². The van der Waals surface area contributed by atoms with Gasteiger partial charge in [0, 0.05) is 13.1 Å². The Labute approximate surface area is 118 Å². The van der Waals surface area contributed by atoms with Crippen molar-refractivity contribution in [1.82, 2.24) is 4.90 Å². The summed E-state index contributed by atoms with van der Waals surface area (Å²) in [5, 5.41) is 0. The quantitative estimate of drug-likeness (QED) is 0.861. The van der Waals surface area contributed by atoms with E-state index in [0.717, 1.165) is 15.3 Å². The maximum Gasteiger partial charge on any atom is 0.263 e. The summed E-state index contributed by atoms with van der Waals surface area (Å²) in [5.41, 5.74) is 6.43. The molecule has 0 aliphatic heterocycles. The zero-order valence-corrected chi connectivity index (χ0v) is 12.5. The number of amides is 1. The average molecular weight is 276 g/mol. The van der Waals surface area contributed by atoms with Crippen LogP contribution in [0.25, 0.3) is 0 Å². The monoisotopic (exact) mass is 276 g/mol. The van der Waals surface area contributed by atoms with E-state index in [-0.39, 0.29) is 5.91 Å². The molecule has 1 atom stereocenters. The van der Waals surface area contributed by atoms with Crippen molar-refractivity contribution in [2.45, 2.75) is 32.7 Å². The van der Waals surface area contributed by atoms with Crippen molar-refractivity contribution < 1.29 is 4.79 Å². The zero-order valence-electron chi connectivity index (χ0n) is 11.7. The van der Waals surface area contributed by atoms with Crippen LogP contribution in [-0.4, -0.2) is 30.4 Å². The van der Waals surface area contributed by atoms with Gasteiger partial charge in [0.25, 0.3) is 5.91 Å². The van der Waals surface area contributed by atoms with Gasteiger partial charge in [-0.1, -0.05) is 11.8 Å². The molecular formula is C15H20N2OS. The Morgan fingerprint density at radius 3 is 2.89 bits per heavy atom. The van der Waals surface area contributed by atoms with E-state index in [9.17, 15) is 4.79 Å². The number of carbonyl (C=O) groups is 1. The highest BCUT2D eigenvalue weighted by atomic mass is 32.1. The average Bonchev–Trinajstić information content (AvgIpc) is 3.18. The van der Waals surface area contributed by atoms with E-state index < -0.39 is 0 Å². The smallest absolute Gasteiger partial charge is 0.263 e. The van der Waals surface area contributed by atoms with Gasteiger partial charge in [0.15, 0.2) is 0 Å². The van der Waals surface area contributed by atoms with Gasteiger partial charge in [-0.2, -0.15) is 0 Å². The highest BCUT2D eigenvalue weighted by Gasteiger charge is 2.33. The lowest BCUT2D eigenvalue weighted by atomic mass is 10.2. The normalized spacial score (nSPS) is 15.6. The second-order valence-corrected chi connectivity index (χ2v) is 6.17. The molecule has 1 saturated carbocycles. The minimum atomic E-state index is 0.105. The molecule has 0 bridgehead atoms. The molecular weight excluding hydrogens is 256 g/mol. The van der Waals surface area contributed by atoms with Gasteiger partial charge in [0.05, 0.1) is 16.3 Å². The summed E-state index contributed by atoms with van der Waals surface area (Å²) in [5.74, 6) is 6.66. The van der Waals surface area contributed by atoms with Crippen LogP contribution >= 0.6 is 11.3 Å². The topological polar surface area (TPSA) is 46.3 Å². The molecule has 1 heterocycles. The number of nitrogens with two attached hydrogens (primary N) is 1. The van der Waals surface area contributed by atoms with Crippen molar-refractivity contribution in [2.24, 2.45) is 11.7 Å². The van der Waals surface area contributed by atoms with Crippen molar-refractivity contribution in [3.8, 4) is 11.8 Å².